The van der Waals surface area contributed by atoms with E-state index in [1.807, 2.05) is 18.2 Å². The number of hydrogen-bond acceptors (Lipinski definition) is 5. The quantitative estimate of drug-likeness (QED) is 0.782. The van der Waals surface area contributed by atoms with Crippen molar-refractivity contribution in [2.45, 2.75) is 13.5 Å². The summed E-state index contributed by atoms with van der Waals surface area (Å²) in [5, 5.41) is 0.590. The maximum absolute atomic E-state index is 12.7. The second-order valence-corrected chi connectivity index (χ2v) is 6.79. The largest absolute Gasteiger partial charge is 0.338 e. The summed E-state index contributed by atoms with van der Waals surface area (Å²) >= 11 is 6.18. The molecule has 27 heavy (non-hydrogen) atoms. The van der Waals surface area contributed by atoms with Gasteiger partial charge in [0.25, 0.3) is 0 Å². The van der Waals surface area contributed by atoms with Crippen molar-refractivity contribution >= 4 is 29.4 Å². The van der Waals surface area contributed by atoms with Crippen molar-refractivity contribution in [1.29, 1.82) is 0 Å². The maximum Gasteiger partial charge on any atom is 0.242 e. The SMILES string of the molecule is CC(=O)N(CC(=O)N1CCN(c2ncccn2)CC1)Cc1ccccc1Cl. The van der Waals surface area contributed by atoms with Crippen LogP contribution >= 0.6 is 11.6 Å². The third-order valence-electron chi connectivity index (χ3n) is 4.56. The van der Waals surface area contributed by atoms with Crippen LogP contribution in [-0.2, 0) is 16.1 Å². The molecule has 7 nitrogen and oxygen atoms in total. The number of carbonyl (C=O) groups is 2. The molecule has 1 fully saturated rings. The lowest BCUT2D eigenvalue weighted by Crippen LogP contribution is -2.52. The van der Waals surface area contributed by atoms with Crippen LogP contribution in [0.2, 0.25) is 5.02 Å². The summed E-state index contributed by atoms with van der Waals surface area (Å²) in [7, 11) is 0. The van der Waals surface area contributed by atoms with Gasteiger partial charge < -0.3 is 14.7 Å². The van der Waals surface area contributed by atoms with Gasteiger partial charge in [-0.2, -0.15) is 0 Å². The van der Waals surface area contributed by atoms with E-state index in [9.17, 15) is 9.59 Å². The van der Waals surface area contributed by atoms with Crippen molar-refractivity contribution in [2.24, 2.45) is 0 Å². The summed E-state index contributed by atoms with van der Waals surface area (Å²) in [4.78, 5) is 38.5. The van der Waals surface area contributed by atoms with Crippen LogP contribution < -0.4 is 4.90 Å². The molecule has 0 unspecified atom stereocenters. The van der Waals surface area contributed by atoms with Crippen LogP contribution in [0.4, 0.5) is 5.95 Å². The highest BCUT2D eigenvalue weighted by atomic mass is 35.5. The van der Waals surface area contributed by atoms with Gasteiger partial charge in [0, 0.05) is 57.1 Å². The minimum absolute atomic E-state index is 0.0440. The molecular formula is C19H22ClN5O2. The maximum atomic E-state index is 12.7. The van der Waals surface area contributed by atoms with Gasteiger partial charge in [-0.1, -0.05) is 29.8 Å². The van der Waals surface area contributed by atoms with E-state index < -0.39 is 0 Å². The first-order valence-corrected chi connectivity index (χ1v) is 9.21. The van der Waals surface area contributed by atoms with E-state index >= 15 is 0 Å². The summed E-state index contributed by atoms with van der Waals surface area (Å²) in [5.41, 5.74) is 0.827. The Bertz CT molecular complexity index is 794. The van der Waals surface area contributed by atoms with Gasteiger partial charge >= 0.3 is 0 Å². The molecule has 1 aliphatic heterocycles. The zero-order chi connectivity index (χ0) is 19.2. The minimum atomic E-state index is -0.153. The molecule has 0 aliphatic carbocycles. The van der Waals surface area contributed by atoms with E-state index in [0.29, 0.717) is 43.7 Å². The monoisotopic (exact) mass is 387 g/mol. The number of hydrogen-bond donors (Lipinski definition) is 0. The van der Waals surface area contributed by atoms with E-state index in [-0.39, 0.29) is 18.4 Å². The number of nitrogens with zero attached hydrogens (tertiary/aromatic N) is 5. The van der Waals surface area contributed by atoms with Gasteiger partial charge in [0.05, 0.1) is 0 Å². The number of anilines is 1. The highest BCUT2D eigenvalue weighted by Gasteiger charge is 2.24. The van der Waals surface area contributed by atoms with Crippen LogP contribution in [0.15, 0.2) is 42.7 Å². The van der Waals surface area contributed by atoms with Crippen LogP contribution in [-0.4, -0.2) is 64.3 Å². The highest BCUT2D eigenvalue weighted by molar-refractivity contribution is 6.31. The van der Waals surface area contributed by atoms with Gasteiger partial charge in [-0.3, -0.25) is 9.59 Å². The molecular weight excluding hydrogens is 366 g/mol. The number of benzene rings is 1. The molecule has 0 spiro atoms. The molecule has 2 aromatic rings. The first-order valence-electron chi connectivity index (χ1n) is 8.83. The van der Waals surface area contributed by atoms with Crippen molar-refractivity contribution in [1.82, 2.24) is 19.8 Å². The second-order valence-electron chi connectivity index (χ2n) is 6.38. The first kappa shape index (κ1) is 19.1. The Morgan fingerprint density at radius 1 is 1.07 bits per heavy atom. The van der Waals surface area contributed by atoms with Crippen molar-refractivity contribution < 1.29 is 9.59 Å². The average molecular weight is 388 g/mol. The van der Waals surface area contributed by atoms with Crippen molar-refractivity contribution in [3.05, 3.63) is 53.3 Å². The van der Waals surface area contributed by atoms with Crippen LogP contribution in [0.1, 0.15) is 12.5 Å². The summed E-state index contributed by atoms with van der Waals surface area (Å²) in [5.74, 6) is 0.458. The fraction of sp³-hybridized carbons (Fsp3) is 0.368. The molecule has 2 heterocycles. The van der Waals surface area contributed by atoms with E-state index in [2.05, 4.69) is 14.9 Å². The summed E-state index contributed by atoms with van der Waals surface area (Å²) < 4.78 is 0. The van der Waals surface area contributed by atoms with E-state index in [4.69, 9.17) is 11.6 Å². The molecule has 1 aromatic carbocycles. The zero-order valence-electron chi connectivity index (χ0n) is 15.2. The Hall–Kier alpha value is -2.67. The molecule has 0 N–H and O–H groups in total. The molecule has 3 rings (SSSR count). The van der Waals surface area contributed by atoms with Crippen molar-refractivity contribution in [3.8, 4) is 0 Å². The molecule has 1 aromatic heterocycles. The van der Waals surface area contributed by atoms with E-state index in [1.54, 1.807) is 29.4 Å². The molecule has 0 saturated carbocycles. The number of amides is 2. The van der Waals surface area contributed by atoms with Crippen LogP contribution in [0.3, 0.4) is 0 Å². The lowest BCUT2D eigenvalue weighted by molar-refractivity contribution is -0.140. The molecule has 1 saturated heterocycles. The average Bonchev–Trinajstić information content (AvgIpc) is 2.69. The Balaban J connectivity index is 1.57. The Morgan fingerprint density at radius 2 is 1.74 bits per heavy atom. The van der Waals surface area contributed by atoms with Crippen LogP contribution in [0, 0.1) is 0 Å². The molecule has 2 amide bonds. The minimum Gasteiger partial charge on any atom is -0.338 e. The Kier molecular flexibility index (Phi) is 6.24. The standard InChI is InChI=1S/C19H22ClN5O2/c1-15(26)25(13-16-5-2-3-6-17(16)20)14-18(27)23-9-11-24(12-10-23)19-21-7-4-8-22-19/h2-8H,9-14H2,1H3. The topological polar surface area (TPSA) is 69.6 Å². The third-order valence-corrected chi connectivity index (χ3v) is 4.93. The second kappa shape index (κ2) is 8.81. The van der Waals surface area contributed by atoms with Crippen molar-refractivity contribution in [2.75, 3.05) is 37.6 Å². The smallest absolute Gasteiger partial charge is 0.242 e. The predicted molar refractivity (Wildman–Crippen MR) is 103 cm³/mol. The van der Waals surface area contributed by atoms with Gasteiger partial charge in [0.2, 0.25) is 17.8 Å². The van der Waals surface area contributed by atoms with Gasteiger partial charge in [-0.25, -0.2) is 9.97 Å². The van der Waals surface area contributed by atoms with Crippen LogP contribution in [0.5, 0.6) is 0 Å². The van der Waals surface area contributed by atoms with Gasteiger partial charge in [-0.15, -0.1) is 0 Å². The first-order chi connectivity index (χ1) is 13.0. The van der Waals surface area contributed by atoms with Gasteiger partial charge in [0.1, 0.15) is 6.54 Å². The predicted octanol–water partition coefficient (Wildman–Crippen LogP) is 1.83. The fourth-order valence-electron chi connectivity index (χ4n) is 2.98. The summed E-state index contributed by atoms with van der Waals surface area (Å²) in [6.45, 7) is 4.32. The number of aromatic nitrogens is 2. The summed E-state index contributed by atoms with van der Waals surface area (Å²) in [6.07, 6.45) is 3.42. The third kappa shape index (κ3) is 4.95. The lowest BCUT2D eigenvalue weighted by atomic mass is 10.2. The number of carbonyl (C=O) groups excluding carboxylic acids is 2. The molecule has 142 valence electrons. The Morgan fingerprint density at radius 3 is 2.37 bits per heavy atom. The molecule has 0 radical (unpaired) electrons. The summed E-state index contributed by atoms with van der Waals surface area (Å²) in [6, 6.07) is 9.12. The highest BCUT2D eigenvalue weighted by Crippen LogP contribution is 2.17. The van der Waals surface area contributed by atoms with E-state index in [0.717, 1.165) is 5.56 Å². The van der Waals surface area contributed by atoms with Gasteiger partial charge in [-0.05, 0) is 17.7 Å². The number of rotatable bonds is 5. The molecule has 1 aliphatic rings. The normalized spacial score (nSPS) is 14.1. The molecule has 0 bridgehead atoms. The molecule has 8 heteroatoms. The lowest BCUT2D eigenvalue weighted by Gasteiger charge is -2.35. The van der Waals surface area contributed by atoms with E-state index in [1.165, 1.54) is 11.8 Å². The number of piperazine rings is 1. The number of halogens is 1. The van der Waals surface area contributed by atoms with Crippen LogP contribution in [0.25, 0.3) is 0 Å². The zero-order valence-corrected chi connectivity index (χ0v) is 16.0. The Labute approximate surface area is 163 Å². The molecule has 0 atom stereocenters. The fourth-order valence-corrected chi connectivity index (χ4v) is 3.18. The van der Waals surface area contributed by atoms with Crippen molar-refractivity contribution in [3.63, 3.8) is 0 Å². The van der Waals surface area contributed by atoms with Gasteiger partial charge in [0.15, 0.2) is 0 Å².